The van der Waals surface area contributed by atoms with E-state index in [1.54, 1.807) is 0 Å². The van der Waals surface area contributed by atoms with Gasteiger partial charge in [-0.25, -0.2) is 18.1 Å². The Morgan fingerprint density at radius 2 is 2.33 bits per heavy atom. The normalized spacial score (nSPS) is 14.1. The van der Waals surface area contributed by atoms with Crippen LogP contribution in [0.5, 0.6) is 0 Å². The molecule has 1 atom stereocenters. The molecule has 0 fully saturated rings. The number of rotatable bonds is 5. The van der Waals surface area contributed by atoms with E-state index in [2.05, 4.69) is 14.7 Å². The topological polar surface area (TPSA) is 95.1 Å². The minimum absolute atomic E-state index is 0.0111. The minimum Gasteiger partial charge on any atom is -0.392 e. The van der Waals surface area contributed by atoms with Gasteiger partial charge in [-0.3, -0.25) is 0 Å². The molecule has 0 aliphatic heterocycles. The lowest BCUT2D eigenvalue weighted by molar-refractivity contribution is 0.198. The third-order valence-corrected chi connectivity index (χ3v) is 3.13. The van der Waals surface area contributed by atoms with Gasteiger partial charge in [0, 0.05) is 13.0 Å². The number of aromatic amines is 1. The van der Waals surface area contributed by atoms with E-state index in [0.717, 1.165) is 0 Å². The Hall–Kier alpha value is -0.920. The van der Waals surface area contributed by atoms with E-state index in [9.17, 15) is 8.42 Å². The Balaban J connectivity index is 2.77. The van der Waals surface area contributed by atoms with Crippen molar-refractivity contribution in [3.8, 4) is 0 Å². The van der Waals surface area contributed by atoms with Crippen molar-refractivity contribution in [2.24, 2.45) is 0 Å². The number of aryl methyl sites for hydroxylation is 1. The van der Waals surface area contributed by atoms with Crippen LogP contribution in [0, 0.1) is 0 Å². The van der Waals surface area contributed by atoms with Crippen LogP contribution in [0.2, 0.25) is 0 Å². The molecule has 1 rings (SSSR count). The maximum absolute atomic E-state index is 11.6. The SMILES string of the molecule is CCc1ncc(S(=O)(=O)NCC(C)O)[nH]1. The second-order valence-electron chi connectivity index (χ2n) is 3.25. The first kappa shape index (κ1) is 12.2. The lowest BCUT2D eigenvalue weighted by Crippen LogP contribution is -2.30. The number of hydrogen-bond donors (Lipinski definition) is 3. The maximum atomic E-state index is 11.6. The maximum Gasteiger partial charge on any atom is 0.257 e. The van der Waals surface area contributed by atoms with Crippen LogP contribution in [0.15, 0.2) is 11.2 Å². The van der Waals surface area contributed by atoms with Gasteiger partial charge in [0.25, 0.3) is 10.0 Å². The smallest absolute Gasteiger partial charge is 0.257 e. The number of nitrogens with zero attached hydrogens (tertiary/aromatic N) is 1. The van der Waals surface area contributed by atoms with E-state index in [4.69, 9.17) is 5.11 Å². The number of H-pyrrole nitrogens is 1. The number of aromatic nitrogens is 2. The van der Waals surface area contributed by atoms with Crippen molar-refractivity contribution in [1.82, 2.24) is 14.7 Å². The zero-order chi connectivity index (χ0) is 11.5. The van der Waals surface area contributed by atoms with Crippen LogP contribution in [0.25, 0.3) is 0 Å². The number of aliphatic hydroxyl groups excluding tert-OH is 1. The van der Waals surface area contributed by atoms with E-state index in [1.165, 1.54) is 13.1 Å². The van der Waals surface area contributed by atoms with Crippen molar-refractivity contribution in [2.45, 2.75) is 31.4 Å². The molecular weight excluding hydrogens is 218 g/mol. The van der Waals surface area contributed by atoms with E-state index in [0.29, 0.717) is 12.2 Å². The van der Waals surface area contributed by atoms with Crippen LogP contribution in [0.1, 0.15) is 19.7 Å². The first-order valence-corrected chi connectivity index (χ1v) is 6.15. The summed E-state index contributed by atoms with van der Waals surface area (Å²) in [6, 6.07) is 0. The van der Waals surface area contributed by atoms with Gasteiger partial charge in [0.2, 0.25) is 0 Å². The summed E-state index contributed by atoms with van der Waals surface area (Å²) in [4.78, 5) is 6.57. The molecule has 3 N–H and O–H groups in total. The van der Waals surface area contributed by atoms with E-state index < -0.39 is 16.1 Å². The zero-order valence-corrected chi connectivity index (χ0v) is 9.50. The Labute approximate surface area is 88.8 Å². The molecule has 0 saturated carbocycles. The van der Waals surface area contributed by atoms with Gasteiger partial charge in [0.1, 0.15) is 5.82 Å². The highest BCUT2D eigenvalue weighted by atomic mass is 32.2. The number of nitrogens with one attached hydrogen (secondary N) is 2. The molecule has 0 saturated heterocycles. The van der Waals surface area contributed by atoms with Gasteiger partial charge in [-0.15, -0.1) is 0 Å². The van der Waals surface area contributed by atoms with Crippen LogP contribution in [-0.2, 0) is 16.4 Å². The highest BCUT2D eigenvalue weighted by molar-refractivity contribution is 7.89. The highest BCUT2D eigenvalue weighted by Gasteiger charge is 2.16. The molecule has 0 bridgehead atoms. The number of sulfonamides is 1. The van der Waals surface area contributed by atoms with Crippen molar-refractivity contribution in [1.29, 1.82) is 0 Å². The fraction of sp³-hybridized carbons (Fsp3) is 0.625. The Morgan fingerprint density at radius 3 is 2.80 bits per heavy atom. The molecule has 0 aromatic carbocycles. The number of aliphatic hydroxyl groups is 1. The Morgan fingerprint density at radius 1 is 1.67 bits per heavy atom. The molecular formula is C8H15N3O3S. The molecule has 7 heteroatoms. The third kappa shape index (κ3) is 3.29. The van der Waals surface area contributed by atoms with Crippen LogP contribution < -0.4 is 4.72 Å². The minimum atomic E-state index is -3.57. The summed E-state index contributed by atoms with van der Waals surface area (Å²) in [7, 11) is -3.57. The van der Waals surface area contributed by atoms with Gasteiger partial charge in [-0.2, -0.15) is 0 Å². The lowest BCUT2D eigenvalue weighted by Gasteiger charge is -2.05. The quantitative estimate of drug-likeness (QED) is 0.646. The predicted molar refractivity (Wildman–Crippen MR) is 54.8 cm³/mol. The summed E-state index contributed by atoms with van der Waals surface area (Å²) >= 11 is 0. The van der Waals surface area contributed by atoms with Gasteiger partial charge in [0.05, 0.1) is 12.3 Å². The van der Waals surface area contributed by atoms with E-state index in [-0.39, 0.29) is 11.6 Å². The standard InChI is InChI=1S/C8H15N3O3S/c1-3-7-9-5-8(11-7)15(13,14)10-4-6(2)12/h5-6,10,12H,3-4H2,1-2H3,(H,9,11). The van der Waals surface area contributed by atoms with Crippen LogP contribution >= 0.6 is 0 Å². The van der Waals surface area contributed by atoms with Gasteiger partial charge < -0.3 is 10.1 Å². The van der Waals surface area contributed by atoms with Gasteiger partial charge in [-0.05, 0) is 6.92 Å². The Kier molecular flexibility index (Phi) is 3.83. The first-order chi connectivity index (χ1) is 6.95. The van der Waals surface area contributed by atoms with Crippen LogP contribution in [-0.4, -0.2) is 36.1 Å². The first-order valence-electron chi connectivity index (χ1n) is 4.67. The van der Waals surface area contributed by atoms with Crippen molar-refractivity contribution in [3.05, 3.63) is 12.0 Å². The molecule has 1 heterocycles. The van der Waals surface area contributed by atoms with Gasteiger partial charge >= 0.3 is 0 Å². The average molecular weight is 233 g/mol. The van der Waals surface area contributed by atoms with Crippen molar-refractivity contribution < 1.29 is 13.5 Å². The summed E-state index contributed by atoms with van der Waals surface area (Å²) in [6.45, 7) is 3.37. The molecule has 0 aliphatic carbocycles. The van der Waals surface area contributed by atoms with E-state index >= 15 is 0 Å². The molecule has 1 unspecified atom stereocenters. The predicted octanol–water partition coefficient (Wildman–Crippen LogP) is -0.369. The molecule has 0 spiro atoms. The molecule has 1 aromatic heterocycles. The fourth-order valence-corrected chi connectivity index (χ4v) is 2.03. The molecule has 1 aromatic rings. The van der Waals surface area contributed by atoms with Gasteiger partial charge in [0.15, 0.2) is 5.03 Å². The summed E-state index contributed by atoms with van der Waals surface area (Å²) in [6.07, 6.45) is 1.20. The molecule has 0 aliphatic rings. The summed E-state index contributed by atoms with van der Waals surface area (Å²) < 4.78 is 25.4. The lowest BCUT2D eigenvalue weighted by atomic mass is 10.4. The molecule has 0 radical (unpaired) electrons. The second-order valence-corrected chi connectivity index (χ2v) is 4.98. The number of hydrogen-bond acceptors (Lipinski definition) is 4. The molecule has 86 valence electrons. The zero-order valence-electron chi connectivity index (χ0n) is 8.69. The monoisotopic (exact) mass is 233 g/mol. The summed E-state index contributed by atoms with van der Waals surface area (Å²) in [5, 5.41) is 8.99. The van der Waals surface area contributed by atoms with Crippen molar-refractivity contribution >= 4 is 10.0 Å². The second kappa shape index (κ2) is 4.73. The third-order valence-electron chi connectivity index (χ3n) is 1.80. The van der Waals surface area contributed by atoms with E-state index in [1.807, 2.05) is 6.92 Å². The molecule has 15 heavy (non-hydrogen) atoms. The molecule has 0 amide bonds. The Bertz CT molecular complexity index is 411. The largest absolute Gasteiger partial charge is 0.392 e. The van der Waals surface area contributed by atoms with Crippen molar-refractivity contribution in [2.75, 3.05) is 6.54 Å². The average Bonchev–Trinajstić information content (AvgIpc) is 2.63. The fourth-order valence-electron chi connectivity index (χ4n) is 0.968. The molecule has 6 nitrogen and oxygen atoms in total. The van der Waals surface area contributed by atoms with Crippen LogP contribution in [0.4, 0.5) is 0 Å². The summed E-state index contributed by atoms with van der Waals surface area (Å²) in [5.74, 6) is 0.618. The highest BCUT2D eigenvalue weighted by Crippen LogP contribution is 2.05. The van der Waals surface area contributed by atoms with Crippen LogP contribution in [0.3, 0.4) is 0 Å². The van der Waals surface area contributed by atoms with Gasteiger partial charge in [-0.1, -0.05) is 6.92 Å². The van der Waals surface area contributed by atoms with Crippen molar-refractivity contribution in [3.63, 3.8) is 0 Å². The number of imidazole rings is 1. The summed E-state index contributed by atoms with van der Waals surface area (Å²) in [5.41, 5.74) is 0.